The molecule has 10 heteroatoms. The van der Waals surface area contributed by atoms with Gasteiger partial charge in [0, 0.05) is 42.1 Å². The third-order valence-electron chi connectivity index (χ3n) is 6.79. The van der Waals surface area contributed by atoms with Crippen molar-refractivity contribution >= 4 is 29.3 Å². The van der Waals surface area contributed by atoms with Crippen LogP contribution in [0.25, 0.3) is 0 Å². The number of nitrogens with zero attached hydrogens (tertiary/aromatic N) is 2. The lowest BCUT2D eigenvalue weighted by Crippen LogP contribution is -2.59. The van der Waals surface area contributed by atoms with Crippen LogP contribution in [0.4, 0.5) is 4.39 Å². The summed E-state index contributed by atoms with van der Waals surface area (Å²) in [6.45, 7) is 0.765. The Bertz CT molecular complexity index is 1290. The highest BCUT2D eigenvalue weighted by Gasteiger charge is 2.54. The third kappa shape index (κ3) is 5.10. The van der Waals surface area contributed by atoms with Crippen LogP contribution in [0.5, 0.6) is 0 Å². The summed E-state index contributed by atoms with van der Waals surface area (Å²) >= 11 is 5.94. The van der Waals surface area contributed by atoms with Crippen LogP contribution < -0.4 is 5.32 Å². The van der Waals surface area contributed by atoms with Crippen molar-refractivity contribution in [3.05, 3.63) is 94.7 Å². The first-order chi connectivity index (χ1) is 17.9. The van der Waals surface area contributed by atoms with Gasteiger partial charge in [0.25, 0.3) is 11.8 Å². The van der Waals surface area contributed by atoms with E-state index >= 15 is 0 Å². The Morgan fingerprint density at radius 3 is 2.43 bits per heavy atom. The lowest BCUT2D eigenvalue weighted by Gasteiger charge is -2.44. The molecule has 5 rings (SSSR count). The van der Waals surface area contributed by atoms with Crippen LogP contribution in [0.2, 0.25) is 5.02 Å². The average molecular weight is 526 g/mol. The topological polar surface area (TPSA) is 92.1 Å². The number of hydrogen-bond donors (Lipinski definition) is 1. The molecule has 3 aromatic rings. The predicted octanol–water partition coefficient (Wildman–Crippen LogP) is 3.86. The first kappa shape index (κ1) is 25.0. The van der Waals surface area contributed by atoms with Gasteiger partial charge in [-0.2, -0.15) is 0 Å². The van der Waals surface area contributed by atoms with Gasteiger partial charge in [0.2, 0.25) is 5.91 Å². The van der Waals surface area contributed by atoms with Crippen molar-refractivity contribution in [2.24, 2.45) is 0 Å². The van der Waals surface area contributed by atoms with Gasteiger partial charge in [-0.05, 0) is 54.6 Å². The Hall–Kier alpha value is -3.69. The normalized spacial score (nSPS) is 18.7. The minimum absolute atomic E-state index is 0.0177. The molecule has 2 aromatic carbocycles. The van der Waals surface area contributed by atoms with E-state index < -0.39 is 29.4 Å². The second-order valence-electron chi connectivity index (χ2n) is 9.05. The Balaban J connectivity index is 1.36. The fourth-order valence-electron chi connectivity index (χ4n) is 4.87. The van der Waals surface area contributed by atoms with E-state index in [0.29, 0.717) is 42.3 Å². The van der Waals surface area contributed by atoms with Crippen molar-refractivity contribution in [3.63, 3.8) is 0 Å². The number of furan rings is 1. The molecule has 2 saturated heterocycles. The van der Waals surface area contributed by atoms with Gasteiger partial charge < -0.3 is 19.4 Å². The maximum atomic E-state index is 14.0. The van der Waals surface area contributed by atoms with Crippen molar-refractivity contribution in [2.45, 2.75) is 31.2 Å². The Morgan fingerprint density at radius 2 is 1.76 bits per heavy atom. The molecule has 37 heavy (non-hydrogen) atoms. The van der Waals surface area contributed by atoms with Crippen LogP contribution in [-0.2, 0) is 16.1 Å². The molecule has 0 saturated carbocycles. The molecule has 1 aromatic heterocycles. The maximum absolute atomic E-state index is 14.0. The second kappa shape index (κ2) is 10.4. The first-order valence-corrected chi connectivity index (χ1v) is 12.3. The minimum atomic E-state index is -1.10. The van der Waals surface area contributed by atoms with Gasteiger partial charge in [-0.3, -0.25) is 19.3 Å². The fraction of sp³-hybridized carbons (Fsp3) is 0.296. The van der Waals surface area contributed by atoms with E-state index in [4.69, 9.17) is 20.8 Å². The van der Waals surface area contributed by atoms with E-state index in [1.54, 1.807) is 41.3 Å². The number of carbonyl (C=O) groups is 3. The first-order valence-electron chi connectivity index (χ1n) is 11.9. The summed E-state index contributed by atoms with van der Waals surface area (Å²) in [5.41, 5.74) is -0.476. The Kier molecular flexibility index (Phi) is 6.99. The summed E-state index contributed by atoms with van der Waals surface area (Å²) in [5.74, 6) is -1.05. The number of hydrogen-bond acceptors (Lipinski definition) is 5. The monoisotopic (exact) mass is 525 g/mol. The van der Waals surface area contributed by atoms with Crippen LogP contribution >= 0.6 is 11.6 Å². The number of nitrogens with one attached hydrogen (secondary N) is 1. The van der Waals surface area contributed by atoms with Crippen LogP contribution in [0.15, 0.2) is 71.3 Å². The van der Waals surface area contributed by atoms with Crippen LogP contribution in [0, 0.1) is 5.82 Å². The number of halogens is 2. The minimum Gasteiger partial charge on any atom is -0.467 e. The molecule has 1 N–H and O–H groups in total. The van der Waals surface area contributed by atoms with Crippen LogP contribution in [0.3, 0.4) is 0 Å². The van der Waals surface area contributed by atoms with Crippen molar-refractivity contribution in [2.75, 3.05) is 19.7 Å². The number of piperidine rings is 1. The molecule has 0 aliphatic carbocycles. The van der Waals surface area contributed by atoms with E-state index in [1.165, 1.54) is 29.4 Å². The zero-order valence-electron chi connectivity index (χ0n) is 19.9. The zero-order chi connectivity index (χ0) is 26.0. The van der Waals surface area contributed by atoms with Crippen LogP contribution in [0.1, 0.15) is 39.3 Å². The smallest absolute Gasteiger partial charge is 0.256 e. The summed E-state index contributed by atoms with van der Waals surface area (Å²) < 4.78 is 25.4. The number of benzene rings is 2. The number of carbonyl (C=O) groups excluding carboxylic acids is 3. The molecule has 2 aliphatic rings. The van der Waals surface area contributed by atoms with Crippen molar-refractivity contribution in [3.8, 4) is 0 Å². The molecule has 8 nitrogen and oxygen atoms in total. The summed E-state index contributed by atoms with van der Waals surface area (Å²) in [7, 11) is 0. The van der Waals surface area contributed by atoms with Gasteiger partial charge in [0.1, 0.15) is 23.3 Å². The highest BCUT2D eigenvalue weighted by atomic mass is 35.5. The van der Waals surface area contributed by atoms with Gasteiger partial charge in [-0.15, -0.1) is 0 Å². The molecular weight excluding hydrogens is 501 g/mol. The Labute approximate surface area is 217 Å². The molecule has 1 spiro atoms. The fourth-order valence-corrected chi connectivity index (χ4v) is 4.99. The highest BCUT2D eigenvalue weighted by Crippen LogP contribution is 2.39. The summed E-state index contributed by atoms with van der Waals surface area (Å²) in [4.78, 5) is 43.0. The number of amides is 3. The molecule has 3 heterocycles. The molecule has 1 atom stereocenters. The standard InChI is InChI=1S/C27H25ClFN3O5/c28-20-8-6-18(7-9-20)25(34)31-12-10-27(11-13-31)32(26(35)19-3-1-4-21(29)15-19)23(17-37-27)24(33)30-16-22-5-2-14-36-22/h1-9,14-15,23H,10-13,16-17H2,(H,30,33). The maximum Gasteiger partial charge on any atom is 0.256 e. The van der Waals surface area contributed by atoms with E-state index in [0.717, 1.165) is 6.07 Å². The molecule has 2 aliphatic heterocycles. The largest absolute Gasteiger partial charge is 0.467 e. The summed E-state index contributed by atoms with van der Waals surface area (Å²) in [5, 5.41) is 3.33. The second-order valence-corrected chi connectivity index (χ2v) is 9.49. The average Bonchev–Trinajstić information content (AvgIpc) is 3.56. The van der Waals surface area contributed by atoms with Gasteiger partial charge in [0.15, 0.2) is 0 Å². The lowest BCUT2D eigenvalue weighted by molar-refractivity contribution is -0.128. The number of ether oxygens (including phenoxy) is 1. The molecule has 0 radical (unpaired) electrons. The summed E-state index contributed by atoms with van der Waals surface area (Å²) in [6.07, 6.45) is 2.11. The third-order valence-corrected chi connectivity index (χ3v) is 7.05. The number of likely N-dealkylation sites (tertiary alicyclic amines) is 1. The van der Waals surface area contributed by atoms with Gasteiger partial charge in [0.05, 0.1) is 19.4 Å². The SMILES string of the molecule is O=C(NCc1ccco1)C1COC2(CCN(C(=O)c3ccc(Cl)cc3)CC2)N1C(=O)c1cccc(F)c1. The van der Waals surface area contributed by atoms with Crippen LogP contribution in [-0.4, -0.2) is 59.0 Å². The molecule has 1 unspecified atom stereocenters. The zero-order valence-corrected chi connectivity index (χ0v) is 20.6. The van der Waals surface area contributed by atoms with E-state index in [-0.39, 0.29) is 24.6 Å². The molecule has 0 bridgehead atoms. The van der Waals surface area contributed by atoms with E-state index in [9.17, 15) is 18.8 Å². The molecule has 192 valence electrons. The van der Waals surface area contributed by atoms with Gasteiger partial charge >= 0.3 is 0 Å². The summed E-state index contributed by atoms with van der Waals surface area (Å²) in [6, 6.07) is 14.5. The van der Waals surface area contributed by atoms with Gasteiger partial charge in [-0.25, -0.2) is 4.39 Å². The quantitative estimate of drug-likeness (QED) is 0.546. The Morgan fingerprint density at radius 1 is 1.00 bits per heavy atom. The molecule has 3 amide bonds. The van der Waals surface area contributed by atoms with Crippen molar-refractivity contribution in [1.29, 1.82) is 0 Å². The van der Waals surface area contributed by atoms with Crippen molar-refractivity contribution in [1.82, 2.24) is 15.1 Å². The molecule has 2 fully saturated rings. The lowest BCUT2D eigenvalue weighted by atomic mass is 9.96. The molecular formula is C27H25ClFN3O5. The van der Waals surface area contributed by atoms with Crippen molar-refractivity contribution < 1.29 is 27.9 Å². The van der Waals surface area contributed by atoms with E-state index in [2.05, 4.69) is 5.32 Å². The highest BCUT2D eigenvalue weighted by molar-refractivity contribution is 6.30. The predicted molar refractivity (Wildman–Crippen MR) is 132 cm³/mol. The van der Waals surface area contributed by atoms with Gasteiger partial charge in [-0.1, -0.05) is 17.7 Å². The number of rotatable bonds is 5. The van der Waals surface area contributed by atoms with E-state index in [1.807, 2.05) is 0 Å².